The largest absolute Gasteiger partial charge is 0.503 e. The molecule has 5 nitrogen and oxygen atoms in total. The highest BCUT2D eigenvalue weighted by atomic mass is 35.5. The van der Waals surface area contributed by atoms with Crippen molar-refractivity contribution in [3.8, 4) is 0 Å². The van der Waals surface area contributed by atoms with Gasteiger partial charge >= 0.3 is 0 Å². The number of ketones is 1. The van der Waals surface area contributed by atoms with Crippen LogP contribution in [0.3, 0.4) is 0 Å². The second-order valence-electron chi connectivity index (χ2n) is 8.26. The number of rotatable bonds is 5. The minimum Gasteiger partial charge on any atom is -0.503 e. The van der Waals surface area contributed by atoms with Crippen LogP contribution >= 0.6 is 11.6 Å². The maximum atomic E-state index is 13.6. The van der Waals surface area contributed by atoms with E-state index in [1.165, 1.54) is 17.0 Å². The smallest absolute Gasteiger partial charge is 0.290 e. The average Bonchev–Trinajstić information content (AvgIpc) is 3.34. The summed E-state index contributed by atoms with van der Waals surface area (Å²) in [6, 6.07) is 18.8. The summed E-state index contributed by atoms with van der Waals surface area (Å²) < 4.78 is 19.1. The third-order valence-corrected chi connectivity index (χ3v) is 6.11. The Morgan fingerprint density at radius 1 is 1.09 bits per heavy atom. The highest BCUT2D eigenvalue weighted by Crippen LogP contribution is 2.40. The number of carbonyl (C=O) groups is 2. The van der Waals surface area contributed by atoms with Crippen LogP contribution in [0.25, 0.3) is 11.0 Å². The van der Waals surface area contributed by atoms with E-state index in [2.05, 4.69) is 0 Å². The van der Waals surface area contributed by atoms with E-state index in [1.807, 2.05) is 25.1 Å². The van der Waals surface area contributed by atoms with E-state index < -0.39 is 29.3 Å². The number of nitrogens with zero attached hydrogens (tertiary/aromatic N) is 1. The number of aryl methyl sites for hydroxylation is 1. The van der Waals surface area contributed by atoms with Crippen LogP contribution in [0.4, 0.5) is 4.39 Å². The molecule has 0 bridgehead atoms. The summed E-state index contributed by atoms with van der Waals surface area (Å²) in [5, 5.41) is 12.0. The number of hydrogen-bond donors (Lipinski definition) is 1. The number of benzene rings is 3. The summed E-state index contributed by atoms with van der Waals surface area (Å²) in [5.74, 6) is -2.30. The van der Waals surface area contributed by atoms with E-state index in [9.17, 15) is 19.1 Å². The third-order valence-electron chi connectivity index (χ3n) is 5.87. The van der Waals surface area contributed by atoms with Crippen molar-refractivity contribution in [2.75, 3.05) is 0 Å². The van der Waals surface area contributed by atoms with Gasteiger partial charge in [-0.2, -0.15) is 0 Å². The Morgan fingerprint density at radius 3 is 2.59 bits per heavy atom. The van der Waals surface area contributed by atoms with Gasteiger partial charge in [-0.15, -0.1) is 0 Å². The molecule has 7 heteroatoms. The Bertz CT molecular complexity index is 1470. The molecular formula is C27H19ClFNO4. The van der Waals surface area contributed by atoms with E-state index in [1.54, 1.807) is 42.5 Å². The van der Waals surface area contributed by atoms with E-state index in [-0.39, 0.29) is 17.9 Å². The molecule has 1 amide bonds. The van der Waals surface area contributed by atoms with Crippen molar-refractivity contribution in [3.05, 3.63) is 117 Å². The second-order valence-corrected chi connectivity index (χ2v) is 8.70. The number of aliphatic hydroxyl groups excluding tert-OH is 1. The Balaban J connectivity index is 1.60. The molecule has 0 saturated carbocycles. The highest BCUT2D eigenvalue weighted by Gasteiger charge is 2.44. The van der Waals surface area contributed by atoms with Gasteiger partial charge in [0.2, 0.25) is 5.78 Å². The van der Waals surface area contributed by atoms with Crippen molar-refractivity contribution in [1.29, 1.82) is 0 Å². The minimum atomic E-state index is -0.846. The molecule has 1 aliphatic heterocycles. The fraction of sp³-hybridized carbons (Fsp3) is 0.111. The van der Waals surface area contributed by atoms with Crippen LogP contribution in [0.1, 0.15) is 33.3 Å². The molecular weight excluding hydrogens is 457 g/mol. The first-order chi connectivity index (χ1) is 16.3. The summed E-state index contributed by atoms with van der Waals surface area (Å²) in [4.78, 5) is 28.2. The number of Topliss-reactive ketones (excluding diaryl/α,β-unsaturated/α-hetero) is 1. The standard InChI is InChI=1S/C27H19ClFNO4/c1-15-3-2-4-17(11-15)24-23(25(31)22-13-18-12-19(28)7-10-21(18)34-22)26(32)27(33)30(24)14-16-5-8-20(29)9-6-16/h2-13,24,32H,14H2,1H3. The number of hydrogen-bond acceptors (Lipinski definition) is 4. The Morgan fingerprint density at radius 2 is 1.85 bits per heavy atom. The monoisotopic (exact) mass is 475 g/mol. The van der Waals surface area contributed by atoms with Crippen LogP contribution in [0.2, 0.25) is 5.02 Å². The molecule has 170 valence electrons. The maximum absolute atomic E-state index is 13.6. The fourth-order valence-corrected chi connectivity index (χ4v) is 4.46. The van der Waals surface area contributed by atoms with E-state index in [0.29, 0.717) is 27.1 Å². The molecule has 1 N–H and O–H groups in total. The number of amides is 1. The molecule has 0 aliphatic carbocycles. The zero-order chi connectivity index (χ0) is 24.0. The van der Waals surface area contributed by atoms with E-state index in [4.69, 9.17) is 16.0 Å². The van der Waals surface area contributed by atoms with E-state index in [0.717, 1.165) is 5.56 Å². The molecule has 0 saturated heterocycles. The molecule has 0 spiro atoms. The molecule has 2 heterocycles. The summed E-state index contributed by atoms with van der Waals surface area (Å²) in [6.07, 6.45) is 0. The first-order valence-corrected chi connectivity index (χ1v) is 11.0. The molecule has 0 radical (unpaired) electrons. The lowest BCUT2D eigenvalue weighted by molar-refractivity contribution is -0.130. The topological polar surface area (TPSA) is 70.7 Å². The van der Waals surface area contributed by atoms with Crippen LogP contribution in [-0.2, 0) is 11.3 Å². The quantitative estimate of drug-likeness (QED) is 0.343. The van der Waals surface area contributed by atoms with Gasteiger partial charge < -0.3 is 14.4 Å². The first kappa shape index (κ1) is 21.9. The molecule has 34 heavy (non-hydrogen) atoms. The SMILES string of the molecule is Cc1cccc(C2C(C(=O)c3cc4cc(Cl)ccc4o3)=C(O)C(=O)N2Cc2ccc(F)cc2)c1. The molecule has 1 aromatic heterocycles. The number of fused-ring (bicyclic) bond motifs is 1. The highest BCUT2D eigenvalue weighted by molar-refractivity contribution is 6.31. The predicted molar refractivity (Wildman–Crippen MR) is 126 cm³/mol. The van der Waals surface area contributed by atoms with Gasteiger partial charge in [0, 0.05) is 17.0 Å². The van der Waals surface area contributed by atoms with Crippen molar-refractivity contribution in [2.45, 2.75) is 19.5 Å². The van der Waals surface area contributed by atoms with Crippen molar-refractivity contribution in [3.63, 3.8) is 0 Å². The number of aliphatic hydroxyl groups is 1. The lowest BCUT2D eigenvalue weighted by atomic mass is 9.94. The van der Waals surface area contributed by atoms with Gasteiger partial charge in [0.25, 0.3) is 5.91 Å². The van der Waals surface area contributed by atoms with Gasteiger partial charge in [0.1, 0.15) is 11.4 Å². The Hall–Kier alpha value is -3.90. The molecule has 5 rings (SSSR count). The lowest BCUT2D eigenvalue weighted by Crippen LogP contribution is -2.30. The van der Waals surface area contributed by atoms with Crippen LogP contribution in [0, 0.1) is 12.7 Å². The van der Waals surface area contributed by atoms with Gasteiger partial charge in [-0.25, -0.2) is 4.39 Å². The zero-order valence-corrected chi connectivity index (χ0v) is 18.8. The summed E-state index contributed by atoms with van der Waals surface area (Å²) in [7, 11) is 0. The molecule has 1 unspecified atom stereocenters. The van der Waals surface area contributed by atoms with Crippen molar-refractivity contribution < 1.29 is 23.5 Å². The van der Waals surface area contributed by atoms with Gasteiger partial charge in [0.05, 0.1) is 11.6 Å². The molecule has 1 aliphatic rings. The maximum Gasteiger partial charge on any atom is 0.290 e. The van der Waals surface area contributed by atoms with Crippen LogP contribution in [0.15, 0.2) is 88.5 Å². The van der Waals surface area contributed by atoms with Crippen molar-refractivity contribution >= 4 is 34.3 Å². The van der Waals surface area contributed by atoms with Gasteiger partial charge in [-0.05, 0) is 54.4 Å². The normalized spacial score (nSPS) is 16.0. The summed E-state index contributed by atoms with van der Waals surface area (Å²) in [6.45, 7) is 1.98. The van der Waals surface area contributed by atoms with Crippen LogP contribution < -0.4 is 0 Å². The number of furan rings is 1. The summed E-state index contributed by atoms with van der Waals surface area (Å²) in [5.41, 5.74) is 2.66. The Labute approximate surface area is 199 Å². The molecule has 4 aromatic rings. The second kappa shape index (κ2) is 8.47. The van der Waals surface area contributed by atoms with Crippen molar-refractivity contribution in [1.82, 2.24) is 4.90 Å². The first-order valence-electron chi connectivity index (χ1n) is 10.6. The van der Waals surface area contributed by atoms with E-state index >= 15 is 0 Å². The zero-order valence-electron chi connectivity index (χ0n) is 18.1. The third kappa shape index (κ3) is 3.86. The van der Waals surface area contributed by atoms with Gasteiger partial charge in [-0.1, -0.05) is 53.6 Å². The predicted octanol–water partition coefficient (Wildman–Crippen LogP) is 6.31. The minimum absolute atomic E-state index is 0.00657. The van der Waals surface area contributed by atoms with Gasteiger partial charge in [0.15, 0.2) is 11.5 Å². The molecule has 0 fully saturated rings. The molecule has 1 atom stereocenters. The Kier molecular flexibility index (Phi) is 5.46. The fourth-order valence-electron chi connectivity index (χ4n) is 4.28. The number of halogens is 2. The lowest BCUT2D eigenvalue weighted by Gasteiger charge is -2.27. The van der Waals surface area contributed by atoms with Crippen LogP contribution in [0.5, 0.6) is 0 Å². The average molecular weight is 476 g/mol. The van der Waals surface area contributed by atoms with Crippen molar-refractivity contribution in [2.24, 2.45) is 0 Å². The summed E-state index contributed by atoms with van der Waals surface area (Å²) >= 11 is 6.05. The van der Waals surface area contributed by atoms with Gasteiger partial charge in [-0.3, -0.25) is 9.59 Å². The molecule has 3 aromatic carbocycles. The number of carbonyl (C=O) groups excluding carboxylic acids is 2. The van der Waals surface area contributed by atoms with Crippen LogP contribution in [-0.4, -0.2) is 21.7 Å².